The Morgan fingerprint density at radius 2 is 1.90 bits per heavy atom. The van der Waals surface area contributed by atoms with E-state index in [1.54, 1.807) is 0 Å². The fraction of sp³-hybridized carbons (Fsp3) is 0.857. The lowest BCUT2D eigenvalue weighted by Gasteiger charge is -2.26. The minimum absolute atomic E-state index is 0.219. The van der Waals surface area contributed by atoms with E-state index in [-0.39, 0.29) is 30.6 Å². The Bertz CT molecular complexity index is 351. The molecular weight excluding hydrogens is 256 g/mol. The molecule has 1 atom stereocenters. The van der Waals surface area contributed by atoms with Crippen LogP contribution in [0.5, 0.6) is 0 Å². The number of hydrogen-bond donors (Lipinski definition) is 3. The van der Waals surface area contributed by atoms with Gasteiger partial charge in [-0.1, -0.05) is 12.8 Å². The van der Waals surface area contributed by atoms with Crippen LogP contribution in [0.2, 0.25) is 0 Å². The van der Waals surface area contributed by atoms with Crippen molar-refractivity contribution in [1.29, 1.82) is 0 Å². The van der Waals surface area contributed by atoms with Gasteiger partial charge < -0.3 is 11.1 Å². The summed E-state index contributed by atoms with van der Waals surface area (Å²) < 4.78 is 0. The third-order valence-electron chi connectivity index (χ3n) is 4.31. The van der Waals surface area contributed by atoms with Crippen LogP contribution in [0.3, 0.4) is 0 Å². The molecule has 0 aromatic rings. The van der Waals surface area contributed by atoms with E-state index in [2.05, 4.69) is 10.6 Å². The summed E-state index contributed by atoms with van der Waals surface area (Å²) in [6, 6.07) is 0.105. The van der Waals surface area contributed by atoms with Crippen LogP contribution in [0, 0.1) is 5.92 Å². The van der Waals surface area contributed by atoms with Crippen molar-refractivity contribution in [2.75, 3.05) is 20.1 Å². The zero-order valence-electron chi connectivity index (χ0n) is 12.2. The average molecular weight is 282 g/mol. The van der Waals surface area contributed by atoms with Crippen LogP contribution in [0.25, 0.3) is 0 Å². The maximum atomic E-state index is 11.8. The number of nitrogens with zero attached hydrogens (tertiary/aromatic N) is 1. The lowest BCUT2D eigenvalue weighted by Crippen LogP contribution is -2.49. The van der Waals surface area contributed by atoms with Gasteiger partial charge in [0, 0.05) is 18.6 Å². The van der Waals surface area contributed by atoms with Gasteiger partial charge in [0.25, 0.3) is 0 Å². The second-order valence-electron chi connectivity index (χ2n) is 6.06. The molecule has 2 fully saturated rings. The quantitative estimate of drug-likeness (QED) is 0.659. The van der Waals surface area contributed by atoms with Gasteiger partial charge in [-0.2, -0.15) is 0 Å². The van der Waals surface area contributed by atoms with Crippen molar-refractivity contribution < 1.29 is 9.59 Å². The summed E-state index contributed by atoms with van der Waals surface area (Å²) in [4.78, 5) is 25.5. The van der Waals surface area contributed by atoms with Crippen LogP contribution in [-0.4, -0.2) is 49.1 Å². The van der Waals surface area contributed by atoms with Gasteiger partial charge in [0.15, 0.2) is 0 Å². The molecule has 0 bridgehead atoms. The van der Waals surface area contributed by atoms with E-state index in [4.69, 9.17) is 5.73 Å². The van der Waals surface area contributed by atoms with E-state index in [1.807, 2.05) is 11.9 Å². The number of likely N-dealkylation sites (N-methyl/N-ethyl adjacent to an activating group) is 1. The zero-order chi connectivity index (χ0) is 14.5. The molecule has 2 saturated carbocycles. The fourth-order valence-electron chi connectivity index (χ4n) is 3.01. The second-order valence-corrected chi connectivity index (χ2v) is 6.06. The van der Waals surface area contributed by atoms with E-state index in [0.717, 1.165) is 25.7 Å². The largest absolute Gasteiger partial charge is 0.335 e. The third kappa shape index (κ3) is 4.45. The first-order valence-electron chi connectivity index (χ1n) is 7.60. The molecule has 1 unspecified atom stereocenters. The Morgan fingerprint density at radius 1 is 1.25 bits per heavy atom. The molecule has 0 spiro atoms. The number of nitrogens with two attached hydrogens (primary N) is 1. The van der Waals surface area contributed by atoms with Gasteiger partial charge in [0.05, 0.1) is 6.54 Å². The Kier molecular flexibility index (Phi) is 5.37. The minimum Gasteiger partial charge on any atom is -0.335 e. The molecule has 2 aliphatic carbocycles. The molecule has 20 heavy (non-hydrogen) atoms. The van der Waals surface area contributed by atoms with Crippen LogP contribution >= 0.6 is 0 Å². The highest BCUT2D eigenvalue weighted by atomic mass is 16.2. The average Bonchev–Trinajstić information content (AvgIpc) is 3.07. The van der Waals surface area contributed by atoms with Crippen molar-refractivity contribution in [3.63, 3.8) is 0 Å². The lowest BCUT2D eigenvalue weighted by molar-refractivity contribution is -0.121. The summed E-state index contributed by atoms with van der Waals surface area (Å²) in [7, 11) is 1.89. The highest BCUT2D eigenvalue weighted by Crippen LogP contribution is 2.34. The smallest absolute Gasteiger partial charge is 0.321 e. The van der Waals surface area contributed by atoms with Crippen molar-refractivity contribution in [2.45, 2.75) is 50.6 Å². The molecule has 0 heterocycles. The van der Waals surface area contributed by atoms with Gasteiger partial charge in [0.2, 0.25) is 5.91 Å². The number of carbonyl (C=O) groups is 2. The molecule has 6 nitrogen and oxygen atoms in total. The standard InChI is InChI=1S/C14H26N4O2/c1-18(12(8-15)10-6-7-10)9-13(19)17-14(20)16-11-4-2-3-5-11/h10-12H,2-9,15H2,1H3,(H2,16,17,19,20). The number of imide groups is 1. The van der Waals surface area contributed by atoms with Gasteiger partial charge in [-0.15, -0.1) is 0 Å². The maximum Gasteiger partial charge on any atom is 0.321 e. The molecule has 2 aliphatic rings. The van der Waals surface area contributed by atoms with Gasteiger partial charge in [-0.3, -0.25) is 15.0 Å². The van der Waals surface area contributed by atoms with Crippen molar-refractivity contribution in [2.24, 2.45) is 11.7 Å². The van der Waals surface area contributed by atoms with E-state index in [9.17, 15) is 9.59 Å². The number of nitrogens with one attached hydrogen (secondary N) is 2. The van der Waals surface area contributed by atoms with E-state index < -0.39 is 0 Å². The Hall–Kier alpha value is -1.14. The zero-order valence-corrected chi connectivity index (χ0v) is 12.2. The van der Waals surface area contributed by atoms with Crippen LogP contribution in [0.4, 0.5) is 4.79 Å². The lowest BCUT2D eigenvalue weighted by atomic mass is 10.1. The fourth-order valence-corrected chi connectivity index (χ4v) is 3.01. The monoisotopic (exact) mass is 282 g/mol. The summed E-state index contributed by atoms with van der Waals surface area (Å²) in [5.74, 6) is 0.354. The molecule has 0 aromatic heterocycles. The summed E-state index contributed by atoms with van der Waals surface area (Å²) in [6.07, 6.45) is 6.71. The van der Waals surface area contributed by atoms with Gasteiger partial charge in [-0.25, -0.2) is 4.79 Å². The predicted molar refractivity (Wildman–Crippen MR) is 77.1 cm³/mol. The van der Waals surface area contributed by atoms with Gasteiger partial charge in [0.1, 0.15) is 0 Å². The summed E-state index contributed by atoms with van der Waals surface area (Å²) in [5.41, 5.74) is 5.75. The second kappa shape index (κ2) is 7.04. The van der Waals surface area contributed by atoms with Crippen LogP contribution in [0.1, 0.15) is 38.5 Å². The predicted octanol–water partition coefficient (Wildman–Crippen LogP) is 0.424. The number of amides is 3. The van der Waals surface area contributed by atoms with Crippen LogP contribution < -0.4 is 16.4 Å². The van der Waals surface area contributed by atoms with Crippen LogP contribution in [0.15, 0.2) is 0 Å². The SMILES string of the molecule is CN(CC(=O)NC(=O)NC1CCCC1)C(CN)C1CC1. The normalized spacial score (nSPS) is 20.9. The van der Waals surface area contributed by atoms with E-state index in [0.29, 0.717) is 12.5 Å². The Labute approximate surface area is 120 Å². The number of rotatable bonds is 6. The van der Waals surface area contributed by atoms with Crippen molar-refractivity contribution in [3.8, 4) is 0 Å². The molecule has 0 aliphatic heterocycles. The van der Waals surface area contributed by atoms with Crippen LogP contribution in [-0.2, 0) is 4.79 Å². The molecule has 2 rings (SSSR count). The van der Waals surface area contributed by atoms with Gasteiger partial charge in [-0.05, 0) is 38.6 Å². The molecular formula is C14H26N4O2. The molecule has 0 saturated heterocycles. The molecule has 0 radical (unpaired) electrons. The maximum absolute atomic E-state index is 11.8. The topological polar surface area (TPSA) is 87.5 Å². The highest BCUT2D eigenvalue weighted by molar-refractivity contribution is 5.95. The number of urea groups is 1. The first kappa shape index (κ1) is 15.3. The summed E-state index contributed by atoms with van der Waals surface area (Å²) in [5, 5.41) is 5.25. The van der Waals surface area contributed by atoms with Crippen molar-refractivity contribution >= 4 is 11.9 Å². The summed E-state index contributed by atoms with van der Waals surface area (Å²) in [6.45, 7) is 0.777. The minimum atomic E-state index is -0.369. The molecule has 114 valence electrons. The highest BCUT2D eigenvalue weighted by Gasteiger charge is 2.33. The van der Waals surface area contributed by atoms with E-state index >= 15 is 0 Å². The first-order valence-corrected chi connectivity index (χ1v) is 7.60. The van der Waals surface area contributed by atoms with Gasteiger partial charge >= 0.3 is 6.03 Å². The molecule has 3 amide bonds. The Balaban J connectivity index is 1.69. The molecule has 4 N–H and O–H groups in total. The summed E-state index contributed by atoms with van der Waals surface area (Å²) >= 11 is 0. The van der Waals surface area contributed by atoms with Crippen molar-refractivity contribution in [3.05, 3.63) is 0 Å². The molecule has 6 heteroatoms. The first-order chi connectivity index (χ1) is 9.60. The third-order valence-corrected chi connectivity index (χ3v) is 4.31. The Morgan fingerprint density at radius 3 is 2.45 bits per heavy atom. The molecule has 0 aromatic carbocycles. The number of hydrogen-bond acceptors (Lipinski definition) is 4. The number of carbonyl (C=O) groups excluding carboxylic acids is 2. The van der Waals surface area contributed by atoms with E-state index in [1.165, 1.54) is 12.8 Å². The van der Waals surface area contributed by atoms with Crippen molar-refractivity contribution in [1.82, 2.24) is 15.5 Å².